The Morgan fingerprint density at radius 2 is 2.12 bits per heavy atom. The van der Waals surface area contributed by atoms with Crippen LogP contribution in [0.3, 0.4) is 0 Å². The number of amides is 1. The lowest BCUT2D eigenvalue weighted by molar-refractivity contribution is -0.00102. The molecule has 0 spiro atoms. The van der Waals surface area contributed by atoms with Crippen LogP contribution in [0.5, 0.6) is 0 Å². The molecule has 6 nitrogen and oxygen atoms in total. The first-order valence-electron chi connectivity index (χ1n) is 9.13. The lowest BCUT2D eigenvalue weighted by Gasteiger charge is -2.40. The third kappa shape index (κ3) is 4.64. The van der Waals surface area contributed by atoms with Crippen molar-refractivity contribution in [2.45, 2.75) is 39.3 Å². The number of carbonyl (C=O) groups is 1. The van der Waals surface area contributed by atoms with Gasteiger partial charge in [0.05, 0.1) is 5.69 Å². The molecule has 26 heavy (non-hydrogen) atoms. The zero-order valence-corrected chi connectivity index (χ0v) is 16.0. The van der Waals surface area contributed by atoms with E-state index >= 15 is 0 Å². The van der Waals surface area contributed by atoms with Crippen molar-refractivity contribution < 1.29 is 9.53 Å². The Labute approximate surface area is 155 Å². The highest BCUT2D eigenvalue weighted by molar-refractivity contribution is 5.69. The number of nitrogens with one attached hydrogen (secondary N) is 1. The van der Waals surface area contributed by atoms with Crippen LogP contribution in [0.15, 0.2) is 42.7 Å². The molecule has 1 aliphatic heterocycles. The van der Waals surface area contributed by atoms with Crippen LogP contribution in [-0.4, -0.2) is 46.0 Å². The molecule has 0 radical (unpaired) electrons. The summed E-state index contributed by atoms with van der Waals surface area (Å²) in [6.07, 6.45) is 3.51. The van der Waals surface area contributed by atoms with Crippen molar-refractivity contribution in [2.24, 2.45) is 5.92 Å². The average molecular weight is 356 g/mol. The van der Waals surface area contributed by atoms with Gasteiger partial charge in [0.15, 0.2) is 0 Å². The van der Waals surface area contributed by atoms with Crippen LogP contribution < -0.4 is 5.32 Å². The zero-order valence-electron chi connectivity index (χ0n) is 16.0. The van der Waals surface area contributed by atoms with Crippen LogP contribution in [0.1, 0.15) is 39.3 Å². The Morgan fingerprint density at radius 3 is 2.77 bits per heavy atom. The summed E-state index contributed by atoms with van der Waals surface area (Å²) in [5.74, 6) is 0.472. The average Bonchev–Trinajstić information content (AvgIpc) is 3.06. The van der Waals surface area contributed by atoms with Crippen LogP contribution in [0.4, 0.5) is 4.79 Å². The maximum atomic E-state index is 12.0. The Morgan fingerprint density at radius 1 is 1.35 bits per heavy atom. The van der Waals surface area contributed by atoms with E-state index in [0.717, 1.165) is 25.3 Å². The van der Waals surface area contributed by atoms with Gasteiger partial charge < -0.3 is 15.0 Å². The first-order valence-corrected chi connectivity index (χ1v) is 9.13. The van der Waals surface area contributed by atoms with Gasteiger partial charge in [-0.25, -0.2) is 9.48 Å². The summed E-state index contributed by atoms with van der Waals surface area (Å²) in [4.78, 5) is 13.7. The SMILES string of the molecule is CC(NCC1CN(C(=O)OC(C)(C)C)C1)c1cccc(-n2cccn2)c1. The first kappa shape index (κ1) is 18.5. The Bertz CT molecular complexity index is 731. The van der Waals surface area contributed by atoms with E-state index < -0.39 is 5.60 Å². The first-order chi connectivity index (χ1) is 12.3. The van der Waals surface area contributed by atoms with Gasteiger partial charge in [-0.15, -0.1) is 0 Å². The topological polar surface area (TPSA) is 59.4 Å². The Balaban J connectivity index is 1.46. The summed E-state index contributed by atoms with van der Waals surface area (Å²) in [6.45, 7) is 10.2. The number of rotatable bonds is 5. The van der Waals surface area contributed by atoms with Crippen molar-refractivity contribution in [2.75, 3.05) is 19.6 Å². The van der Waals surface area contributed by atoms with Gasteiger partial charge in [0.2, 0.25) is 0 Å². The summed E-state index contributed by atoms with van der Waals surface area (Å²) in [7, 11) is 0. The summed E-state index contributed by atoms with van der Waals surface area (Å²) in [5, 5.41) is 7.85. The molecule has 1 amide bonds. The van der Waals surface area contributed by atoms with Crippen LogP contribution in [-0.2, 0) is 4.74 Å². The summed E-state index contributed by atoms with van der Waals surface area (Å²) < 4.78 is 7.25. The monoisotopic (exact) mass is 356 g/mol. The number of aromatic nitrogens is 2. The predicted octanol–water partition coefficient (Wildman–Crippen LogP) is 3.39. The smallest absolute Gasteiger partial charge is 0.410 e. The maximum absolute atomic E-state index is 12.0. The second-order valence-electron chi connectivity index (χ2n) is 7.93. The fourth-order valence-electron chi connectivity index (χ4n) is 2.99. The molecule has 140 valence electrons. The quantitative estimate of drug-likeness (QED) is 0.892. The molecule has 1 unspecified atom stereocenters. The van der Waals surface area contributed by atoms with E-state index in [1.54, 1.807) is 11.1 Å². The molecule has 1 N–H and O–H groups in total. The molecule has 3 rings (SSSR count). The van der Waals surface area contributed by atoms with Crippen molar-refractivity contribution in [3.05, 3.63) is 48.3 Å². The number of nitrogens with zero attached hydrogens (tertiary/aromatic N) is 3. The molecule has 1 saturated heterocycles. The second kappa shape index (κ2) is 7.50. The largest absolute Gasteiger partial charge is 0.444 e. The second-order valence-corrected chi connectivity index (χ2v) is 7.93. The van der Waals surface area contributed by atoms with Crippen molar-refractivity contribution >= 4 is 6.09 Å². The lowest BCUT2D eigenvalue weighted by Crippen LogP contribution is -2.54. The third-order valence-corrected chi connectivity index (χ3v) is 4.46. The fraction of sp³-hybridized carbons (Fsp3) is 0.500. The highest BCUT2D eigenvalue weighted by Crippen LogP contribution is 2.21. The summed E-state index contributed by atoms with van der Waals surface area (Å²) >= 11 is 0. The van der Waals surface area contributed by atoms with Gasteiger partial charge >= 0.3 is 6.09 Å². The van der Waals surface area contributed by atoms with E-state index in [1.165, 1.54) is 5.56 Å². The van der Waals surface area contributed by atoms with Crippen LogP contribution in [0.2, 0.25) is 0 Å². The van der Waals surface area contributed by atoms with E-state index in [9.17, 15) is 4.79 Å². The van der Waals surface area contributed by atoms with Gasteiger partial charge in [-0.2, -0.15) is 5.10 Å². The number of ether oxygens (including phenoxy) is 1. The number of likely N-dealkylation sites (tertiary alicyclic amines) is 1. The van der Waals surface area contributed by atoms with Gasteiger partial charge in [-0.05, 0) is 51.5 Å². The molecule has 1 aliphatic rings. The molecule has 2 heterocycles. The van der Waals surface area contributed by atoms with Crippen LogP contribution in [0, 0.1) is 5.92 Å². The molecule has 0 saturated carbocycles. The molecule has 6 heteroatoms. The predicted molar refractivity (Wildman–Crippen MR) is 101 cm³/mol. The summed E-state index contributed by atoms with van der Waals surface area (Å²) in [6, 6.07) is 10.5. The van der Waals surface area contributed by atoms with Crippen LogP contribution >= 0.6 is 0 Å². The summed E-state index contributed by atoms with van der Waals surface area (Å²) in [5.41, 5.74) is 1.84. The minimum Gasteiger partial charge on any atom is -0.444 e. The van der Waals surface area contributed by atoms with Gasteiger partial charge in [-0.3, -0.25) is 0 Å². The third-order valence-electron chi connectivity index (χ3n) is 4.46. The van der Waals surface area contributed by atoms with Crippen molar-refractivity contribution in [1.82, 2.24) is 20.0 Å². The van der Waals surface area contributed by atoms with E-state index in [2.05, 4.69) is 35.5 Å². The van der Waals surface area contributed by atoms with E-state index in [0.29, 0.717) is 5.92 Å². The Kier molecular flexibility index (Phi) is 5.32. The molecule has 1 atom stereocenters. The minimum atomic E-state index is -0.436. The van der Waals surface area contributed by atoms with Crippen molar-refractivity contribution in [3.8, 4) is 5.69 Å². The number of hydrogen-bond donors (Lipinski definition) is 1. The molecule has 0 aliphatic carbocycles. The molecular formula is C20H28N4O2. The lowest BCUT2D eigenvalue weighted by atomic mass is 9.99. The zero-order chi connectivity index (χ0) is 18.7. The highest BCUT2D eigenvalue weighted by Gasteiger charge is 2.33. The fourth-order valence-corrected chi connectivity index (χ4v) is 2.99. The van der Waals surface area contributed by atoms with Crippen molar-refractivity contribution in [3.63, 3.8) is 0 Å². The van der Waals surface area contributed by atoms with E-state index in [-0.39, 0.29) is 12.1 Å². The van der Waals surface area contributed by atoms with Gasteiger partial charge in [0.1, 0.15) is 5.60 Å². The maximum Gasteiger partial charge on any atom is 0.410 e. The van der Waals surface area contributed by atoms with E-state index in [4.69, 9.17) is 4.74 Å². The standard InChI is InChI=1S/C20H28N4O2/c1-15(17-7-5-8-18(11-17)24-10-6-9-22-24)21-12-16-13-23(14-16)19(25)26-20(2,3)4/h5-11,15-16,21H,12-14H2,1-4H3. The molecular weight excluding hydrogens is 328 g/mol. The molecule has 1 aromatic carbocycles. The van der Waals surface area contributed by atoms with Crippen LogP contribution in [0.25, 0.3) is 5.69 Å². The van der Waals surface area contributed by atoms with Gasteiger partial charge in [0, 0.05) is 44.0 Å². The molecule has 1 aromatic heterocycles. The van der Waals surface area contributed by atoms with Gasteiger partial charge in [-0.1, -0.05) is 12.1 Å². The number of benzene rings is 1. The Hall–Kier alpha value is -2.34. The molecule has 0 bridgehead atoms. The van der Waals surface area contributed by atoms with E-state index in [1.807, 2.05) is 43.8 Å². The normalized spacial score (nSPS) is 16.2. The highest BCUT2D eigenvalue weighted by atomic mass is 16.6. The molecule has 2 aromatic rings. The van der Waals surface area contributed by atoms with Crippen molar-refractivity contribution in [1.29, 1.82) is 0 Å². The van der Waals surface area contributed by atoms with Gasteiger partial charge in [0.25, 0.3) is 0 Å². The minimum absolute atomic E-state index is 0.214. The molecule has 1 fully saturated rings. The number of carbonyl (C=O) groups excluding carboxylic acids is 1. The number of hydrogen-bond acceptors (Lipinski definition) is 4.